The van der Waals surface area contributed by atoms with Gasteiger partial charge in [0.05, 0.1) is 18.2 Å². The molecule has 1 aliphatic heterocycles. The Morgan fingerprint density at radius 1 is 1.46 bits per heavy atom. The molecule has 11 heteroatoms. The lowest BCUT2D eigenvalue weighted by molar-refractivity contribution is -0.137. The summed E-state index contributed by atoms with van der Waals surface area (Å²) in [4.78, 5) is 15.2. The molecular formula is C13H17Cl3F3N3O2. The summed E-state index contributed by atoms with van der Waals surface area (Å²) in [5, 5.41) is 5.50. The van der Waals surface area contributed by atoms with Gasteiger partial charge in [-0.2, -0.15) is 13.2 Å². The molecule has 1 saturated heterocycles. The number of ether oxygens (including phenoxy) is 1. The standard InChI is InChI=1S/C13H15ClF3N3O2.2ClH/c14-9-6-8(13(15,16)17)7-20-12(9)22-5-4-19-11(21)10-2-1-3-18-10;;/h6-7,10,18H,1-5H2,(H,19,21);2*1H. The molecule has 0 aromatic carbocycles. The molecule has 1 aromatic rings. The van der Waals surface area contributed by atoms with Crippen molar-refractivity contribution in [2.45, 2.75) is 25.1 Å². The van der Waals surface area contributed by atoms with E-state index in [1.165, 1.54) is 0 Å². The van der Waals surface area contributed by atoms with Gasteiger partial charge in [-0.3, -0.25) is 4.79 Å². The van der Waals surface area contributed by atoms with E-state index < -0.39 is 11.7 Å². The summed E-state index contributed by atoms with van der Waals surface area (Å²) < 4.78 is 42.5. The van der Waals surface area contributed by atoms with Crippen molar-refractivity contribution < 1.29 is 22.7 Å². The molecule has 0 saturated carbocycles. The lowest BCUT2D eigenvalue weighted by Gasteiger charge is -2.12. The zero-order valence-electron chi connectivity index (χ0n) is 12.4. The van der Waals surface area contributed by atoms with Crippen LogP contribution in [0.4, 0.5) is 13.2 Å². The van der Waals surface area contributed by atoms with Gasteiger partial charge in [0.2, 0.25) is 11.8 Å². The summed E-state index contributed by atoms with van der Waals surface area (Å²) in [6.45, 7) is 1.10. The first-order valence-corrected chi connectivity index (χ1v) is 7.12. The molecule has 1 fully saturated rings. The Balaban J connectivity index is 0.00000264. The fraction of sp³-hybridized carbons (Fsp3) is 0.538. The van der Waals surface area contributed by atoms with Crippen LogP contribution in [-0.4, -0.2) is 36.6 Å². The molecule has 0 radical (unpaired) electrons. The quantitative estimate of drug-likeness (QED) is 0.733. The molecule has 2 N–H and O–H groups in total. The zero-order valence-corrected chi connectivity index (χ0v) is 14.7. The second kappa shape index (κ2) is 10.1. The first-order chi connectivity index (χ1) is 10.4. The fourth-order valence-corrected chi connectivity index (χ4v) is 2.26. The molecule has 2 heterocycles. The van der Waals surface area contributed by atoms with E-state index in [9.17, 15) is 18.0 Å². The number of aromatic nitrogens is 1. The largest absolute Gasteiger partial charge is 0.475 e. The van der Waals surface area contributed by atoms with E-state index in [1.54, 1.807) is 0 Å². The molecular weight excluding hydrogens is 394 g/mol. The predicted octanol–water partition coefficient (Wildman–Crippen LogP) is 2.84. The van der Waals surface area contributed by atoms with Crippen molar-refractivity contribution in [3.63, 3.8) is 0 Å². The van der Waals surface area contributed by atoms with Crippen LogP contribution in [0, 0.1) is 0 Å². The van der Waals surface area contributed by atoms with E-state index >= 15 is 0 Å². The SMILES string of the molecule is Cl.Cl.O=C(NCCOc1ncc(C(F)(F)F)cc1Cl)C1CCCN1. The first kappa shape index (κ1) is 23.0. The molecule has 0 spiro atoms. The van der Waals surface area contributed by atoms with Gasteiger partial charge in [0, 0.05) is 6.20 Å². The van der Waals surface area contributed by atoms with Gasteiger partial charge in [-0.05, 0) is 25.5 Å². The molecule has 1 atom stereocenters. The lowest BCUT2D eigenvalue weighted by Crippen LogP contribution is -2.41. The van der Waals surface area contributed by atoms with Crippen LogP contribution in [-0.2, 0) is 11.0 Å². The van der Waals surface area contributed by atoms with Crippen LogP contribution in [0.25, 0.3) is 0 Å². The number of alkyl halides is 3. The average Bonchev–Trinajstić information content (AvgIpc) is 2.97. The van der Waals surface area contributed by atoms with E-state index in [0.29, 0.717) is 6.20 Å². The number of hydrogen-bond donors (Lipinski definition) is 2. The Bertz CT molecular complexity index is 541. The molecule has 1 aromatic heterocycles. The highest BCUT2D eigenvalue weighted by atomic mass is 35.5. The summed E-state index contributed by atoms with van der Waals surface area (Å²) in [5.74, 6) is -0.213. The van der Waals surface area contributed by atoms with E-state index in [4.69, 9.17) is 16.3 Å². The maximum atomic E-state index is 12.5. The number of rotatable bonds is 5. The van der Waals surface area contributed by atoms with Crippen molar-refractivity contribution in [2.24, 2.45) is 0 Å². The fourth-order valence-electron chi connectivity index (χ4n) is 2.04. The Hall–Kier alpha value is -0.960. The van der Waals surface area contributed by atoms with Crippen molar-refractivity contribution in [2.75, 3.05) is 19.7 Å². The van der Waals surface area contributed by atoms with Crippen molar-refractivity contribution in [1.82, 2.24) is 15.6 Å². The van der Waals surface area contributed by atoms with Gasteiger partial charge in [0.1, 0.15) is 11.6 Å². The van der Waals surface area contributed by atoms with Crippen LogP contribution in [0.5, 0.6) is 5.88 Å². The van der Waals surface area contributed by atoms with Crippen LogP contribution < -0.4 is 15.4 Å². The van der Waals surface area contributed by atoms with Crippen LogP contribution in [0.3, 0.4) is 0 Å². The molecule has 5 nitrogen and oxygen atoms in total. The maximum Gasteiger partial charge on any atom is 0.417 e. The monoisotopic (exact) mass is 409 g/mol. The van der Waals surface area contributed by atoms with E-state index in [0.717, 1.165) is 25.5 Å². The van der Waals surface area contributed by atoms with Crippen molar-refractivity contribution >= 4 is 42.3 Å². The highest BCUT2D eigenvalue weighted by molar-refractivity contribution is 6.31. The molecule has 1 amide bonds. The lowest BCUT2D eigenvalue weighted by atomic mass is 10.2. The molecule has 138 valence electrons. The number of carbonyl (C=O) groups is 1. The van der Waals surface area contributed by atoms with E-state index in [2.05, 4.69) is 15.6 Å². The molecule has 2 rings (SSSR count). The number of amides is 1. The third-order valence-corrected chi connectivity index (χ3v) is 3.42. The number of hydrogen-bond acceptors (Lipinski definition) is 4. The number of carbonyl (C=O) groups excluding carboxylic acids is 1. The Morgan fingerprint density at radius 2 is 2.17 bits per heavy atom. The van der Waals surface area contributed by atoms with Crippen molar-refractivity contribution in [3.05, 3.63) is 22.8 Å². The van der Waals surface area contributed by atoms with Gasteiger partial charge in [-0.1, -0.05) is 11.6 Å². The first-order valence-electron chi connectivity index (χ1n) is 6.74. The number of nitrogens with zero attached hydrogens (tertiary/aromatic N) is 1. The van der Waals surface area contributed by atoms with Crippen molar-refractivity contribution in [1.29, 1.82) is 0 Å². The van der Waals surface area contributed by atoms with Crippen molar-refractivity contribution in [3.8, 4) is 5.88 Å². The molecule has 0 bridgehead atoms. The molecule has 0 aliphatic carbocycles. The third kappa shape index (κ3) is 6.51. The molecule has 24 heavy (non-hydrogen) atoms. The number of pyridine rings is 1. The van der Waals surface area contributed by atoms with E-state index in [1.807, 2.05) is 0 Å². The predicted molar refractivity (Wildman–Crippen MR) is 88.3 cm³/mol. The van der Waals surface area contributed by atoms with Crippen LogP contribution in [0.15, 0.2) is 12.3 Å². The van der Waals surface area contributed by atoms with Gasteiger partial charge >= 0.3 is 6.18 Å². The summed E-state index contributed by atoms with van der Waals surface area (Å²) >= 11 is 5.70. The third-order valence-electron chi connectivity index (χ3n) is 3.15. The normalized spacial score (nSPS) is 16.8. The maximum absolute atomic E-state index is 12.5. The second-order valence-corrected chi connectivity index (χ2v) is 5.20. The van der Waals surface area contributed by atoms with Gasteiger partial charge < -0.3 is 15.4 Å². The summed E-state index contributed by atoms with van der Waals surface area (Å²) in [7, 11) is 0. The van der Waals surface area contributed by atoms with Gasteiger partial charge in [-0.15, -0.1) is 24.8 Å². The smallest absolute Gasteiger partial charge is 0.417 e. The van der Waals surface area contributed by atoms with Crippen LogP contribution in [0.2, 0.25) is 5.02 Å². The average molecular weight is 411 g/mol. The van der Waals surface area contributed by atoms with Crippen LogP contribution >= 0.6 is 36.4 Å². The Labute approximate surface area is 154 Å². The Morgan fingerprint density at radius 3 is 2.71 bits per heavy atom. The summed E-state index contributed by atoms with van der Waals surface area (Å²) in [5.41, 5.74) is -0.939. The molecule has 1 aliphatic rings. The van der Waals surface area contributed by atoms with Crippen LogP contribution in [0.1, 0.15) is 18.4 Å². The minimum atomic E-state index is -4.50. The zero-order chi connectivity index (χ0) is 16.2. The van der Waals surface area contributed by atoms with Gasteiger partial charge in [0.25, 0.3) is 0 Å². The van der Waals surface area contributed by atoms with Gasteiger partial charge in [-0.25, -0.2) is 4.98 Å². The second-order valence-electron chi connectivity index (χ2n) is 4.80. The summed E-state index contributed by atoms with van der Waals surface area (Å²) in [6.07, 6.45) is -2.10. The Kier molecular flexibility index (Phi) is 9.72. The minimum absolute atomic E-state index is 0. The topological polar surface area (TPSA) is 63.2 Å². The highest BCUT2D eigenvalue weighted by Crippen LogP contribution is 2.32. The summed E-state index contributed by atoms with van der Waals surface area (Å²) in [6, 6.07) is 0.568. The molecule has 1 unspecified atom stereocenters. The van der Waals surface area contributed by atoms with Gasteiger partial charge in [0.15, 0.2) is 0 Å². The number of nitrogens with one attached hydrogen (secondary N) is 2. The highest BCUT2D eigenvalue weighted by Gasteiger charge is 2.31. The minimum Gasteiger partial charge on any atom is -0.475 e. The van der Waals surface area contributed by atoms with E-state index in [-0.39, 0.29) is 60.8 Å². The number of halogens is 6.